The molecule has 0 saturated carbocycles. The number of carboxylic acid groups (broad SMARTS) is 1. The first-order valence-electron chi connectivity index (χ1n) is 4.81. The molecule has 0 aliphatic carbocycles. The molecular formula is C11H12N2O3. The smallest absolute Gasteiger partial charge is 0.341 e. The van der Waals surface area contributed by atoms with Gasteiger partial charge in [0.15, 0.2) is 0 Å². The van der Waals surface area contributed by atoms with Crippen molar-refractivity contribution in [3.8, 4) is 5.75 Å². The van der Waals surface area contributed by atoms with E-state index >= 15 is 0 Å². The first kappa shape index (κ1) is 10.5. The number of imidazole rings is 1. The van der Waals surface area contributed by atoms with Crippen LogP contribution >= 0.6 is 0 Å². The Hall–Kier alpha value is -2.04. The molecule has 0 spiro atoms. The molecule has 16 heavy (non-hydrogen) atoms. The van der Waals surface area contributed by atoms with Gasteiger partial charge in [-0.1, -0.05) is 0 Å². The maximum Gasteiger partial charge on any atom is 0.341 e. The Labute approximate surface area is 92.3 Å². The van der Waals surface area contributed by atoms with Gasteiger partial charge in [-0.25, -0.2) is 9.78 Å². The molecule has 0 aliphatic heterocycles. The third-order valence-electron chi connectivity index (χ3n) is 2.65. The molecule has 1 N–H and O–H groups in total. The summed E-state index contributed by atoms with van der Waals surface area (Å²) in [6.07, 6.45) is 1.53. The molecule has 0 saturated heterocycles. The van der Waals surface area contributed by atoms with E-state index in [1.165, 1.54) is 13.3 Å². The van der Waals surface area contributed by atoms with Gasteiger partial charge in [-0.2, -0.15) is 0 Å². The first-order valence-corrected chi connectivity index (χ1v) is 4.81. The van der Waals surface area contributed by atoms with Gasteiger partial charge in [-0.3, -0.25) is 0 Å². The van der Waals surface area contributed by atoms with Crippen LogP contribution in [-0.2, 0) is 0 Å². The Morgan fingerprint density at radius 1 is 1.50 bits per heavy atom. The quantitative estimate of drug-likeness (QED) is 0.835. The van der Waals surface area contributed by atoms with Crippen molar-refractivity contribution in [2.24, 2.45) is 0 Å². The van der Waals surface area contributed by atoms with E-state index in [1.807, 2.05) is 13.8 Å². The number of carbonyl (C=O) groups is 1. The lowest BCUT2D eigenvalue weighted by Crippen LogP contribution is -2.03. The fourth-order valence-electron chi connectivity index (χ4n) is 1.63. The average Bonchev–Trinajstić information content (AvgIpc) is 2.53. The van der Waals surface area contributed by atoms with E-state index in [4.69, 9.17) is 9.84 Å². The number of aromatic carboxylic acids is 1. The van der Waals surface area contributed by atoms with Crippen molar-refractivity contribution in [1.82, 2.24) is 9.38 Å². The Balaban J connectivity index is 2.80. The normalized spacial score (nSPS) is 10.7. The maximum atomic E-state index is 11.0. The predicted molar refractivity (Wildman–Crippen MR) is 58.2 cm³/mol. The number of aromatic nitrogens is 2. The molecule has 0 radical (unpaired) electrons. The number of rotatable bonds is 2. The van der Waals surface area contributed by atoms with Crippen molar-refractivity contribution in [1.29, 1.82) is 0 Å². The lowest BCUT2D eigenvalue weighted by atomic mass is 10.2. The second kappa shape index (κ2) is 3.52. The number of methoxy groups -OCH3 is 1. The second-order valence-electron chi connectivity index (χ2n) is 3.57. The zero-order valence-electron chi connectivity index (χ0n) is 9.31. The van der Waals surface area contributed by atoms with E-state index in [9.17, 15) is 4.79 Å². The summed E-state index contributed by atoms with van der Waals surface area (Å²) in [5, 5.41) is 9.04. The van der Waals surface area contributed by atoms with Gasteiger partial charge in [0.05, 0.1) is 12.8 Å². The van der Waals surface area contributed by atoms with Crippen molar-refractivity contribution in [3.63, 3.8) is 0 Å². The van der Waals surface area contributed by atoms with E-state index in [0.717, 1.165) is 11.4 Å². The molecule has 2 aromatic rings. The number of ether oxygens (including phenoxy) is 1. The Morgan fingerprint density at radius 3 is 2.75 bits per heavy atom. The predicted octanol–water partition coefficient (Wildman–Crippen LogP) is 1.66. The van der Waals surface area contributed by atoms with Gasteiger partial charge in [0.1, 0.15) is 17.0 Å². The first-order chi connectivity index (χ1) is 7.54. The van der Waals surface area contributed by atoms with Gasteiger partial charge >= 0.3 is 5.97 Å². The molecule has 2 aromatic heterocycles. The Bertz CT molecular complexity index is 572. The van der Waals surface area contributed by atoms with Crippen LogP contribution in [0, 0.1) is 13.8 Å². The fraction of sp³-hybridized carbons (Fsp3) is 0.273. The molecule has 0 aromatic carbocycles. The van der Waals surface area contributed by atoms with E-state index in [1.54, 1.807) is 10.5 Å². The van der Waals surface area contributed by atoms with Gasteiger partial charge < -0.3 is 14.2 Å². The number of carboxylic acids is 1. The highest BCUT2D eigenvalue weighted by atomic mass is 16.5. The molecular weight excluding hydrogens is 208 g/mol. The lowest BCUT2D eigenvalue weighted by Gasteiger charge is -2.06. The second-order valence-corrected chi connectivity index (χ2v) is 3.57. The standard InChI is InChI=1S/C11H12N2O3/c1-6-7(2)13-5-8(11(14)15)9(16-3)4-10(13)12-6/h4-5H,1-3H3,(H,14,15). The molecule has 84 valence electrons. The highest BCUT2D eigenvalue weighted by Gasteiger charge is 2.14. The number of fused-ring (bicyclic) bond motifs is 1. The SMILES string of the molecule is COc1cc2nc(C)c(C)n2cc1C(=O)O. The molecule has 5 heteroatoms. The zero-order valence-corrected chi connectivity index (χ0v) is 9.31. The Kier molecular flexibility index (Phi) is 2.30. The van der Waals surface area contributed by atoms with Gasteiger partial charge in [0, 0.05) is 18.0 Å². The summed E-state index contributed by atoms with van der Waals surface area (Å²) in [4.78, 5) is 15.3. The van der Waals surface area contributed by atoms with Crippen LogP contribution in [0.3, 0.4) is 0 Å². The minimum absolute atomic E-state index is 0.135. The fourth-order valence-corrected chi connectivity index (χ4v) is 1.63. The molecule has 0 unspecified atom stereocenters. The largest absolute Gasteiger partial charge is 0.496 e. The van der Waals surface area contributed by atoms with E-state index in [-0.39, 0.29) is 5.56 Å². The van der Waals surface area contributed by atoms with E-state index < -0.39 is 5.97 Å². The van der Waals surface area contributed by atoms with Crippen molar-refractivity contribution in [2.45, 2.75) is 13.8 Å². The van der Waals surface area contributed by atoms with E-state index in [0.29, 0.717) is 11.4 Å². The summed E-state index contributed by atoms with van der Waals surface area (Å²) in [6, 6.07) is 1.63. The van der Waals surface area contributed by atoms with Crippen LogP contribution in [0.1, 0.15) is 21.7 Å². The molecule has 0 amide bonds. The molecule has 2 rings (SSSR count). The van der Waals surface area contributed by atoms with Crippen LogP contribution in [0.25, 0.3) is 5.65 Å². The van der Waals surface area contributed by atoms with Crippen LogP contribution in [-0.4, -0.2) is 27.6 Å². The average molecular weight is 220 g/mol. The van der Waals surface area contributed by atoms with E-state index in [2.05, 4.69) is 4.98 Å². The third kappa shape index (κ3) is 1.41. The van der Waals surface area contributed by atoms with Crippen LogP contribution < -0.4 is 4.74 Å². The summed E-state index contributed by atoms with van der Waals surface area (Å²) in [7, 11) is 1.45. The number of aryl methyl sites for hydroxylation is 2. The third-order valence-corrected chi connectivity index (χ3v) is 2.65. The van der Waals surface area contributed by atoms with Crippen LogP contribution in [0.15, 0.2) is 12.3 Å². The summed E-state index contributed by atoms with van der Waals surface area (Å²) in [6.45, 7) is 3.78. The zero-order chi connectivity index (χ0) is 11.9. The van der Waals surface area contributed by atoms with Crippen LogP contribution in [0.4, 0.5) is 0 Å². The van der Waals surface area contributed by atoms with Crippen LogP contribution in [0.5, 0.6) is 5.75 Å². The van der Waals surface area contributed by atoms with Gasteiger partial charge in [-0.05, 0) is 13.8 Å². The summed E-state index contributed by atoms with van der Waals surface area (Å²) < 4.78 is 6.78. The molecule has 2 heterocycles. The number of hydrogen-bond acceptors (Lipinski definition) is 3. The maximum absolute atomic E-state index is 11.0. The molecule has 5 nitrogen and oxygen atoms in total. The molecule has 0 fully saturated rings. The lowest BCUT2D eigenvalue weighted by molar-refractivity contribution is 0.0693. The van der Waals surface area contributed by atoms with Crippen LogP contribution in [0.2, 0.25) is 0 Å². The number of pyridine rings is 1. The molecule has 0 aliphatic rings. The summed E-state index contributed by atoms with van der Waals surface area (Å²) in [5.74, 6) is -0.686. The molecule has 0 atom stereocenters. The van der Waals surface area contributed by atoms with Crippen molar-refractivity contribution in [3.05, 3.63) is 29.2 Å². The monoisotopic (exact) mass is 220 g/mol. The number of hydrogen-bond donors (Lipinski definition) is 1. The number of nitrogens with zero attached hydrogens (tertiary/aromatic N) is 2. The van der Waals surface area contributed by atoms with Crippen molar-refractivity contribution < 1.29 is 14.6 Å². The molecule has 0 bridgehead atoms. The topological polar surface area (TPSA) is 63.8 Å². The Morgan fingerprint density at radius 2 is 2.19 bits per heavy atom. The van der Waals surface area contributed by atoms with Crippen molar-refractivity contribution in [2.75, 3.05) is 7.11 Å². The summed E-state index contributed by atoms with van der Waals surface area (Å²) >= 11 is 0. The summed E-state index contributed by atoms with van der Waals surface area (Å²) in [5.41, 5.74) is 2.64. The van der Waals surface area contributed by atoms with Gasteiger partial charge in [-0.15, -0.1) is 0 Å². The minimum atomic E-state index is -1.01. The van der Waals surface area contributed by atoms with Crippen molar-refractivity contribution >= 4 is 11.6 Å². The highest BCUT2D eigenvalue weighted by Crippen LogP contribution is 2.22. The van der Waals surface area contributed by atoms with Gasteiger partial charge in [0.25, 0.3) is 0 Å². The van der Waals surface area contributed by atoms with Gasteiger partial charge in [0.2, 0.25) is 0 Å². The minimum Gasteiger partial charge on any atom is -0.496 e. The highest BCUT2D eigenvalue weighted by molar-refractivity contribution is 5.91.